The summed E-state index contributed by atoms with van der Waals surface area (Å²) < 4.78 is 3.08. The van der Waals surface area contributed by atoms with Crippen molar-refractivity contribution >= 4 is 23.4 Å². The van der Waals surface area contributed by atoms with Crippen LogP contribution in [0.3, 0.4) is 0 Å². The lowest BCUT2D eigenvalue weighted by atomic mass is 9.80. The predicted molar refractivity (Wildman–Crippen MR) is 80.9 cm³/mol. The van der Waals surface area contributed by atoms with Crippen LogP contribution in [-0.2, 0) is 0 Å². The van der Waals surface area contributed by atoms with Gasteiger partial charge in [0, 0.05) is 12.2 Å². The van der Waals surface area contributed by atoms with Crippen molar-refractivity contribution in [2.45, 2.75) is 46.1 Å². The lowest BCUT2D eigenvalue weighted by molar-refractivity contribution is 0.223. The third-order valence-electron chi connectivity index (χ3n) is 4.34. The molecule has 2 aromatic rings. The van der Waals surface area contributed by atoms with Crippen molar-refractivity contribution in [3.05, 3.63) is 22.6 Å². The van der Waals surface area contributed by atoms with Crippen molar-refractivity contribution < 1.29 is 0 Å². The molecule has 102 valence electrons. The van der Waals surface area contributed by atoms with Gasteiger partial charge < -0.3 is 4.98 Å². The van der Waals surface area contributed by atoms with Gasteiger partial charge in [0.1, 0.15) is 0 Å². The van der Waals surface area contributed by atoms with E-state index in [2.05, 4.69) is 35.3 Å². The Balaban J connectivity index is 2.12. The van der Waals surface area contributed by atoms with Crippen molar-refractivity contribution in [2.24, 2.45) is 11.8 Å². The lowest BCUT2D eigenvalue weighted by Gasteiger charge is -2.32. The van der Waals surface area contributed by atoms with E-state index < -0.39 is 0 Å². The largest absolute Gasteiger partial charge is 0.329 e. The SMILES string of the molecule is Cc1ccnc2c1[nH]c(=S)n2C1CC(C)CC(C)C1. The first-order valence-electron chi connectivity index (χ1n) is 7.12. The van der Waals surface area contributed by atoms with Gasteiger partial charge in [-0.3, -0.25) is 4.57 Å². The first kappa shape index (κ1) is 12.9. The van der Waals surface area contributed by atoms with E-state index in [9.17, 15) is 0 Å². The number of imidazole rings is 1. The highest BCUT2D eigenvalue weighted by molar-refractivity contribution is 7.71. The molecule has 1 fully saturated rings. The molecular weight excluding hydrogens is 254 g/mol. The molecule has 1 aliphatic carbocycles. The van der Waals surface area contributed by atoms with Crippen molar-refractivity contribution in [3.8, 4) is 0 Å². The Hall–Kier alpha value is -1.16. The van der Waals surface area contributed by atoms with E-state index in [1.807, 2.05) is 12.3 Å². The maximum Gasteiger partial charge on any atom is 0.179 e. The predicted octanol–water partition coefficient (Wildman–Crippen LogP) is 4.40. The second-order valence-electron chi connectivity index (χ2n) is 6.20. The minimum absolute atomic E-state index is 0.495. The van der Waals surface area contributed by atoms with E-state index in [1.54, 1.807) is 0 Å². The van der Waals surface area contributed by atoms with E-state index >= 15 is 0 Å². The van der Waals surface area contributed by atoms with Crippen molar-refractivity contribution in [1.29, 1.82) is 0 Å². The molecule has 1 N–H and O–H groups in total. The van der Waals surface area contributed by atoms with Crippen molar-refractivity contribution in [2.75, 3.05) is 0 Å². The van der Waals surface area contributed by atoms with Crippen molar-refractivity contribution in [3.63, 3.8) is 0 Å². The summed E-state index contributed by atoms with van der Waals surface area (Å²) >= 11 is 5.54. The van der Waals surface area contributed by atoms with Gasteiger partial charge in [-0.05, 0) is 61.9 Å². The van der Waals surface area contributed by atoms with Crippen LogP contribution in [0.1, 0.15) is 44.7 Å². The molecule has 0 aromatic carbocycles. The summed E-state index contributed by atoms with van der Waals surface area (Å²) in [6.45, 7) is 6.80. The maximum absolute atomic E-state index is 5.54. The standard InChI is InChI=1S/C15H21N3S/c1-9-6-10(2)8-12(7-9)18-14-13(17-15(18)19)11(3)4-5-16-14/h4-5,9-10,12H,6-8H2,1-3H3,(H,17,19). The zero-order chi connectivity index (χ0) is 13.6. The minimum Gasteiger partial charge on any atom is -0.329 e. The molecule has 3 rings (SSSR count). The number of H-pyrrole nitrogens is 1. The van der Waals surface area contributed by atoms with Crippen LogP contribution in [0.15, 0.2) is 12.3 Å². The second kappa shape index (κ2) is 4.75. The molecule has 0 amide bonds. The normalized spacial score (nSPS) is 27.8. The number of fused-ring (bicyclic) bond motifs is 1. The number of aryl methyl sites for hydroxylation is 1. The molecule has 0 bridgehead atoms. The molecule has 1 aliphatic rings. The number of hydrogen-bond donors (Lipinski definition) is 1. The number of rotatable bonds is 1. The molecule has 2 aromatic heterocycles. The molecule has 4 heteroatoms. The van der Waals surface area contributed by atoms with Gasteiger partial charge in [-0.2, -0.15) is 0 Å². The summed E-state index contributed by atoms with van der Waals surface area (Å²) in [5.74, 6) is 1.54. The Morgan fingerprint density at radius 1 is 1.26 bits per heavy atom. The maximum atomic E-state index is 5.54. The van der Waals surface area contributed by atoms with Gasteiger partial charge in [0.25, 0.3) is 0 Å². The van der Waals surface area contributed by atoms with E-state index in [0.29, 0.717) is 6.04 Å². The monoisotopic (exact) mass is 275 g/mol. The van der Waals surface area contributed by atoms with Gasteiger partial charge in [-0.15, -0.1) is 0 Å². The highest BCUT2D eigenvalue weighted by atomic mass is 32.1. The minimum atomic E-state index is 0.495. The Morgan fingerprint density at radius 3 is 2.63 bits per heavy atom. The molecule has 0 spiro atoms. The highest BCUT2D eigenvalue weighted by Crippen LogP contribution is 2.37. The summed E-state index contributed by atoms with van der Waals surface area (Å²) in [6, 6.07) is 2.53. The first-order valence-corrected chi connectivity index (χ1v) is 7.53. The average molecular weight is 275 g/mol. The molecule has 0 aliphatic heterocycles. The van der Waals surface area contributed by atoms with Gasteiger partial charge in [-0.25, -0.2) is 4.98 Å². The summed E-state index contributed by atoms with van der Waals surface area (Å²) in [5.41, 5.74) is 3.33. The molecule has 0 radical (unpaired) electrons. The van der Waals surface area contributed by atoms with Crippen LogP contribution in [0.2, 0.25) is 0 Å². The third-order valence-corrected chi connectivity index (χ3v) is 4.64. The Labute approximate surface area is 119 Å². The van der Waals surface area contributed by atoms with Crippen LogP contribution < -0.4 is 0 Å². The summed E-state index contributed by atoms with van der Waals surface area (Å²) in [5, 5.41) is 0. The number of aromatic nitrogens is 3. The number of aromatic amines is 1. The zero-order valence-corrected chi connectivity index (χ0v) is 12.6. The highest BCUT2D eigenvalue weighted by Gasteiger charge is 2.27. The van der Waals surface area contributed by atoms with Gasteiger partial charge in [0.05, 0.1) is 5.52 Å². The first-order chi connectivity index (χ1) is 9.06. The van der Waals surface area contributed by atoms with Gasteiger partial charge in [0.2, 0.25) is 0 Å². The Bertz CT molecular complexity index is 645. The molecule has 19 heavy (non-hydrogen) atoms. The fourth-order valence-electron chi connectivity index (χ4n) is 3.60. The average Bonchev–Trinajstić information content (AvgIpc) is 2.65. The van der Waals surface area contributed by atoms with Crippen LogP contribution in [0.5, 0.6) is 0 Å². The number of nitrogens with zero attached hydrogens (tertiary/aromatic N) is 2. The van der Waals surface area contributed by atoms with Crippen LogP contribution >= 0.6 is 12.2 Å². The van der Waals surface area contributed by atoms with Gasteiger partial charge >= 0.3 is 0 Å². The molecule has 2 atom stereocenters. The fourth-order valence-corrected chi connectivity index (χ4v) is 3.94. The van der Waals surface area contributed by atoms with Gasteiger partial charge in [-0.1, -0.05) is 13.8 Å². The number of hydrogen-bond acceptors (Lipinski definition) is 2. The van der Waals surface area contributed by atoms with E-state index in [4.69, 9.17) is 12.2 Å². The summed E-state index contributed by atoms with van der Waals surface area (Å²) in [6.07, 6.45) is 5.63. The second-order valence-corrected chi connectivity index (χ2v) is 6.58. The van der Waals surface area contributed by atoms with Crippen molar-refractivity contribution in [1.82, 2.24) is 14.5 Å². The Morgan fingerprint density at radius 2 is 1.95 bits per heavy atom. The smallest absolute Gasteiger partial charge is 0.179 e. The Kier molecular flexibility index (Phi) is 3.21. The van der Waals surface area contributed by atoms with Gasteiger partial charge in [0.15, 0.2) is 10.4 Å². The molecule has 2 heterocycles. The molecule has 3 nitrogen and oxygen atoms in total. The summed E-state index contributed by atoms with van der Waals surface area (Å²) in [7, 11) is 0. The third kappa shape index (κ3) is 2.22. The molecule has 1 saturated carbocycles. The number of nitrogens with one attached hydrogen (secondary N) is 1. The molecule has 2 unspecified atom stereocenters. The van der Waals surface area contributed by atoms with E-state index in [0.717, 1.165) is 27.8 Å². The van der Waals surface area contributed by atoms with E-state index in [-0.39, 0.29) is 0 Å². The van der Waals surface area contributed by atoms with Crippen LogP contribution in [0.25, 0.3) is 11.2 Å². The lowest BCUT2D eigenvalue weighted by Crippen LogP contribution is -2.22. The molecular formula is C15H21N3S. The molecule has 0 saturated heterocycles. The van der Waals surface area contributed by atoms with Crippen LogP contribution in [-0.4, -0.2) is 14.5 Å². The van der Waals surface area contributed by atoms with Crippen LogP contribution in [0.4, 0.5) is 0 Å². The van der Waals surface area contributed by atoms with Crippen LogP contribution in [0, 0.1) is 23.5 Å². The number of pyridine rings is 1. The fraction of sp³-hybridized carbons (Fsp3) is 0.600. The summed E-state index contributed by atoms with van der Waals surface area (Å²) in [4.78, 5) is 7.89. The zero-order valence-electron chi connectivity index (χ0n) is 11.8. The van der Waals surface area contributed by atoms with E-state index in [1.165, 1.54) is 24.8 Å². The topological polar surface area (TPSA) is 33.6 Å². The quantitative estimate of drug-likeness (QED) is 0.783.